The molecular weight excluding hydrogens is 488 g/mol. The van der Waals surface area contributed by atoms with E-state index in [9.17, 15) is 19.2 Å². The van der Waals surface area contributed by atoms with Gasteiger partial charge in [0.25, 0.3) is 5.56 Å². The van der Waals surface area contributed by atoms with Crippen LogP contribution in [0.5, 0.6) is 11.5 Å². The van der Waals surface area contributed by atoms with Crippen molar-refractivity contribution in [1.82, 2.24) is 19.7 Å². The van der Waals surface area contributed by atoms with Crippen LogP contribution in [0.15, 0.2) is 53.8 Å². The number of methoxy groups -OCH3 is 2. The molecule has 3 aliphatic rings. The number of pyridine rings is 1. The summed E-state index contributed by atoms with van der Waals surface area (Å²) in [5.74, 6) is 0.181. The fourth-order valence-corrected chi connectivity index (χ4v) is 6.22. The Morgan fingerprint density at radius 2 is 1.84 bits per heavy atom. The molecule has 1 aromatic heterocycles. The van der Waals surface area contributed by atoms with Crippen molar-refractivity contribution in [3.63, 3.8) is 0 Å². The number of fused-ring (bicyclic) bond motifs is 4. The predicted molar refractivity (Wildman–Crippen MR) is 139 cm³/mol. The Hall–Kier alpha value is -3.92. The zero-order valence-electron chi connectivity index (χ0n) is 21.6. The molecular formula is C28H32N4O6. The fraction of sp³-hybridized carbons (Fsp3) is 0.429. The van der Waals surface area contributed by atoms with Crippen molar-refractivity contribution in [2.24, 2.45) is 11.3 Å². The summed E-state index contributed by atoms with van der Waals surface area (Å²) >= 11 is 0. The first-order valence-electron chi connectivity index (χ1n) is 12.7. The van der Waals surface area contributed by atoms with Crippen molar-refractivity contribution in [2.75, 3.05) is 40.4 Å². The first kappa shape index (κ1) is 25.7. The van der Waals surface area contributed by atoms with Crippen LogP contribution in [0.1, 0.15) is 23.6 Å². The van der Waals surface area contributed by atoms with Gasteiger partial charge >= 0.3 is 6.03 Å². The maximum absolute atomic E-state index is 14.0. The number of imide groups is 2. The molecule has 10 heteroatoms. The van der Waals surface area contributed by atoms with Gasteiger partial charge in [-0.05, 0) is 42.5 Å². The molecule has 3 atom stereocenters. The molecule has 4 amide bonds. The van der Waals surface area contributed by atoms with Crippen LogP contribution in [0.3, 0.4) is 0 Å². The Kier molecular flexibility index (Phi) is 6.83. The third-order valence-corrected chi connectivity index (χ3v) is 7.87. The van der Waals surface area contributed by atoms with Crippen LogP contribution in [0, 0.1) is 11.3 Å². The van der Waals surface area contributed by atoms with Gasteiger partial charge in [-0.15, -0.1) is 6.58 Å². The molecule has 0 aliphatic carbocycles. The number of barbiturate groups is 1. The second-order valence-corrected chi connectivity index (χ2v) is 10.3. The van der Waals surface area contributed by atoms with E-state index in [4.69, 9.17) is 9.47 Å². The average Bonchev–Trinajstić information content (AvgIpc) is 2.90. The number of nitrogens with one attached hydrogen (secondary N) is 1. The molecule has 0 radical (unpaired) electrons. The molecule has 4 heterocycles. The lowest BCUT2D eigenvalue weighted by Gasteiger charge is -2.47. The van der Waals surface area contributed by atoms with Gasteiger partial charge in [0.05, 0.1) is 14.2 Å². The van der Waals surface area contributed by atoms with Gasteiger partial charge in [0.1, 0.15) is 5.41 Å². The van der Waals surface area contributed by atoms with Gasteiger partial charge in [0.2, 0.25) is 11.8 Å². The number of carbonyl (C=O) groups excluding carboxylic acids is 3. The highest BCUT2D eigenvalue weighted by molar-refractivity contribution is 6.19. The Morgan fingerprint density at radius 3 is 2.58 bits per heavy atom. The van der Waals surface area contributed by atoms with Crippen LogP contribution >= 0.6 is 0 Å². The van der Waals surface area contributed by atoms with Crippen LogP contribution in [0.25, 0.3) is 0 Å². The lowest BCUT2D eigenvalue weighted by molar-refractivity contribution is -0.153. The van der Waals surface area contributed by atoms with Gasteiger partial charge in [0, 0.05) is 50.4 Å². The fourth-order valence-electron chi connectivity index (χ4n) is 6.22. The van der Waals surface area contributed by atoms with Crippen LogP contribution in [-0.2, 0) is 22.6 Å². The Balaban J connectivity index is 1.51. The quantitative estimate of drug-likeness (QED) is 0.417. The number of benzene rings is 1. The number of likely N-dealkylation sites (tertiary alicyclic amines) is 1. The second kappa shape index (κ2) is 10.1. The topological polar surface area (TPSA) is 110 Å². The van der Waals surface area contributed by atoms with E-state index in [0.717, 1.165) is 17.0 Å². The molecule has 2 aromatic rings. The molecule has 3 aliphatic heterocycles. The first-order chi connectivity index (χ1) is 18.3. The molecule has 1 N–H and O–H groups in total. The Bertz CT molecular complexity index is 1350. The molecule has 0 saturated carbocycles. The zero-order chi connectivity index (χ0) is 27.0. The number of rotatable bonds is 8. The van der Waals surface area contributed by atoms with Gasteiger partial charge in [-0.2, -0.15) is 0 Å². The SMILES string of the molecule is C=CCN1C(=O)NC(=O)C(Cc2ccc(OC)c(OC)c2)(CN2CC3C[C@H](C2)c2cccc(=O)n2C3)C1=O. The molecule has 1 aromatic carbocycles. The number of nitrogens with zero attached hydrogens (tertiary/aromatic N) is 3. The summed E-state index contributed by atoms with van der Waals surface area (Å²) in [5.41, 5.74) is 0.137. The predicted octanol–water partition coefficient (Wildman–Crippen LogP) is 1.78. The minimum atomic E-state index is -1.54. The molecule has 200 valence electrons. The summed E-state index contributed by atoms with van der Waals surface area (Å²) in [6, 6.07) is 9.88. The molecule has 2 unspecified atom stereocenters. The van der Waals surface area contributed by atoms with Crippen molar-refractivity contribution in [2.45, 2.75) is 25.3 Å². The van der Waals surface area contributed by atoms with Crippen LogP contribution in [0.2, 0.25) is 0 Å². The first-order valence-corrected chi connectivity index (χ1v) is 12.7. The van der Waals surface area contributed by atoms with Crippen LogP contribution in [0.4, 0.5) is 4.79 Å². The minimum absolute atomic E-state index is 0.00371. The van der Waals surface area contributed by atoms with Crippen molar-refractivity contribution in [3.8, 4) is 11.5 Å². The van der Waals surface area contributed by atoms with E-state index in [1.807, 2.05) is 10.6 Å². The summed E-state index contributed by atoms with van der Waals surface area (Å²) < 4.78 is 12.6. The van der Waals surface area contributed by atoms with E-state index in [1.54, 1.807) is 30.3 Å². The highest BCUT2D eigenvalue weighted by Gasteiger charge is 2.55. The minimum Gasteiger partial charge on any atom is -0.493 e. The van der Waals surface area contributed by atoms with Gasteiger partial charge in [-0.1, -0.05) is 18.2 Å². The molecule has 38 heavy (non-hydrogen) atoms. The number of amides is 4. The standard InChI is InChI=1S/C28H32N4O6/c1-4-10-31-26(35)28(25(34)29-27(31)36,13-18-8-9-22(37-2)23(12-18)38-3)17-30-14-19-11-20(16-30)21-6-5-7-24(33)32(21)15-19/h4-9,12,19-20H,1,10-11,13-17H2,2-3H3,(H,29,34,36)/t19?,20-,28?/m1/s1. The van der Waals surface area contributed by atoms with Crippen LogP contribution < -0.4 is 20.3 Å². The van der Waals surface area contributed by atoms with Gasteiger partial charge in [0.15, 0.2) is 11.5 Å². The van der Waals surface area contributed by atoms with E-state index in [0.29, 0.717) is 36.7 Å². The molecule has 5 rings (SSSR count). The van der Waals surface area contributed by atoms with Crippen molar-refractivity contribution >= 4 is 17.8 Å². The summed E-state index contributed by atoms with van der Waals surface area (Å²) in [6.45, 7) is 5.64. The lowest BCUT2D eigenvalue weighted by Crippen LogP contribution is -2.68. The highest BCUT2D eigenvalue weighted by Crippen LogP contribution is 2.39. The van der Waals surface area contributed by atoms with E-state index in [2.05, 4.69) is 16.8 Å². The number of aromatic nitrogens is 1. The van der Waals surface area contributed by atoms with Gasteiger partial charge in [-0.25, -0.2) is 4.79 Å². The summed E-state index contributed by atoms with van der Waals surface area (Å²) in [6.07, 6.45) is 2.49. The smallest absolute Gasteiger partial charge is 0.331 e. The van der Waals surface area contributed by atoms with Gasteiger partial charge in [-0.3, -0.25) is 24.6 Å². The monoisotopic (exact) mass is 520 g/mol. The molecule has 2 fully saturated rings. The van der Waals surface area contributed by atoms with E-state index >= 15 is 0 Å². The summed E-state index contributed by atoms with van der Waals surface area (Å²) in [7, 11) is 3.06. The van der Waals surface area contributed by atoms with E-state index in [1.165, 1.54) is 20.3 Å². The Labute approximate surface area is 220 Å². The van der Waals surface area contributed by atoms with Gasteiger partial charge < -0.3 is 18.9 Å². The number of carbonyl (C=O) groups is 3. The number of piperidine rings is 1. The van der Waals surface area contributed by atoms with Crippen LogP contribution in [-0.4, -0.2) is 72.6 Å². The molecule has 2 saturated heterocycles. The maximum atomic E-state index is 14.0. The summed E-state index contributed by atoms with van der Waals surface area (Å²) in [4.78, 5) is 55.8. The zero-order valence-corrected chi connectivity index (χ0v) is 21.6. The number of hydrogen-bond donors (Lipinski definition) is 1. The van der Waals surface area contributed by atoms with E-state index in [-0.39, 0.29) is 36.9 Å². The molecule has 2 bridgehead atoms. The van der Waals surface area contributed by atoms with Crippen molar-refractivity contribution < 1.29 is 23.9 Å². The molecule has 0 spiro atoms. The van der Waals surface area contributed by atoms with Crippen molar-refractivity contribution in [1.29, 1.82) is 0 Å². The normalized spacial score (nSPS) is 25.0. The lowest BCUT2D eigenvalue weighted by atomic mass is 9.75. The third kappa shape index (κ3) is 4.38. The molecule has 10 nitrogen and oxygen atoms in total. The highest BCUT2D eigenvalue weighted by atomic mass is 16.5. The van der Waals surface area contributed by atoms with Crippen molar-refractivity contribution in [3.05, 3.63) is 70.7 Å². The van der Waals surface area contributed by atoms with E-state index < -0.39 is 23.3 Å². The Morgan fingerprint density at radius 1 is 1.05 bits per heavy atom. The average molecular weight is 521 g/mol. The maximum Gasteiger partial charge on any atom is 0.331 e. The number of ether oxygens (including phenoxy) is 2. The largest absolute Gasteiger partial charge is 0.493 e. The second-order valence-electron chi connectivity index (χ2n) is 10.3. The summed E-state index contributed by atoms with van der Waals surface area (Å²) in [5, 5.41) is 2.42. The number of urea groups is 1. The third-order valence-electron chi connectivity index (χ3n) is 7.87. The number of hydrogen-bond acceptors (Lipinski definition) is 7.